The molecule has 1 atom stereocenters. The Morgan fingerprint density at radius 1 is 1.22 bits per heavy atom. The first-order valence-electron chi connectivity index (χ1n) is 8.13. The van der Waals surface area contributed by atoms with Crippen LogP contribution in [0.4, 0.5) is 0 Å². The van der Waals surface area contributed by atoms with Crippen LogP contribution in [0.3, 0.4) is 0 Å². The Bertz CT molecular complexity index is 705. The van der Waals surface area contributed by atoms with Gasteiger partial charge >= 0.3 is 0 Å². The molecule has 0 saturated carbocycles. The molecule has 3 heterocycles. The summed E-state index contributed by atoms with van der Waals surface area (Å²) in [6.45, 7) is 3.59. The van der Waals surface area contributed by atoms with Crippen LogP contribution in [0, 0.1) is 0 Å². The Hall–Kier alpha value is -2.37. The highest BCUT2D eigenvalue weighted by Gasteiger charge is 2.26. The number of ether oxygens (including phenoxy) is 1. The first-order chi connectivity index (χ1) is 11.2. The number of fused-ring (bicyclic) bond motifs is 1. The normalized spacial score (nSPS) is 21.1. The molecule has 6 heteroatoms. The van der Waals surface area contributed by atoms with Crippen molar-refractivity contribution >= 4 is 5.91 Å². The smallest absolute Gasteiger partial charge is 0.253 e. The third-order valence-electron chi connectivity index (χ3n) is 4.75. The highest BCUT2D eigenvalue weighted by Crippen LogP contribution is 2.30. The molecule has 1 saturated heterocycles. The van der Waals surface area contributed by atoms with Crippen molar-refractivity contribution < 1.29 is 9.53 Å². The Morgan fingerprint density at radius 2 is 1.96 bits per heavy atom. The third kappa shape index (κ3) is 2.69. The molecule has 120 valence electrons. The molecule has 2 aliphatic rings. The fourth-order valence-electron chi connectivity index (χ4n) is 3.50. The van der Waals surface area contributed by atoms with E-state index in [1.54, 1.807) is 12.7 Å². The van der Waals surface area contributed by atoms with Gasteiger partial charge in [-0.1, -0.05) is 0 Å². The summed E-state index contributed by atoms with van der Waals surface area (Å²) in [6, 6.07) is 6.19. The van der Waals surface area contributed by atoms with Gasteiger partial charge in [-0.3, -0.25) is 4.79 Å². The molecule has 1 amide bonds. The number of likely N-dealkylation sites (tertiary alicyclic amines) is 1. The van der Waals surface area contributed by atoms with Crippen molar-refractivity contribution in [3.63, 3.8) is 0 Å². The molecule has 2 aromatic rings. The summed E-state index contributed by atoms with van der Waals surface area (Å²) in [4.78, 5) is 14.7. The fourth-order valence-corrected chi connectivity index (χ4v) is 3.50. The number of benzene rings is 1. The molecule has 4 rings (SSSR count). The van der Waals surface area contributed by atoms with Crippen molar-refractivity contribution in [1.29, 1.82) is 0 Å². The molecule has 1 aromatic carbocycles. The number of carbonyl (C=O) groups is 1. The van der Waals surface area contributed by atoms with E-state index in [2.05, 4.69) is 17.1 Å². The van der Waals surface area contributed by atoms with Crippen LogP contribution in [0.25, 0.3) is 0 Å². The molecule has 6 nitrogen and oxygen atoms in total. The van der Waals surface area contributed by atoms with E-state index in [9.17, 15) is 4.79 Å². The van der Waals surface area contributed by atoms with Crippen molar-refractivity contribution in [1.82, 2.24) is 19.7 Å². The average Bonchev–Trinajstić information content (AvgIpc) is 3.22. The summed E-state index contributed by atoms with van der Waals surface area (Å²) < 4.78 is 7.74. The summed E-state index contributed by atoms with van der Waals surface area (Å²) in [6.07, 6.45) is 6.47. The minimum absolute atomic E-state index is 0.120. The Morgan fingerprint density at radius 3 is 2.70 bits per heavy atom. The lowest BCUT2D eigenvalue weighted by molar-refractivity contribution is 0.0694. The number of rotatable bonds is 2. The number of carbonyl (C=O) groups excluding carboxylic acids is 1. The van der Waals surface area contributed by atoms with Crippen molar-refractivity contribution in [3.05, 3.63) is 42.0 Å². The summed E-state index contributed by atoms with van der Waals surface area (Å²) in [5.74, 6) is 1.04. The number of amides is 1. The molecular formula is C17H20N4O2. The van der Waals surface area contributed by atoms with E-state index < -0.39 is 0 Å². The van der Waals surface area contributed by atoms with Gasteiger partial charge in [0.2, 0.25) is 0 Å². The molecule has 1 fully saturated rings. The van der Waals surface area contributed by atoms with Gasteiger partial charge in [0, 0.05) is 31.1 Å². The number of nitrogens with zero attached hydrogens (tertiary/aromatic N) is 4. The van der Waals surface area contributed by atoms with E-state index in [-0.39, 0.29) is 12.0 Å². The highest BCUT2D eigenvalue weighted by atomic mass is 16.5. The van der Waals surface area contributed by atoms with Gasteiger partial charge in [0.15, 0.2) is 0 Å². The number of aromatic nitrogens is 3. The molecule has 0 N–H and O–H groups in total. The predicted molar refractivity (Wildman–Crippen MR) is 84.4 cm³/mol. The van der Waals surface area contributed by atoms with Gasteiger partial charge < -0.3 is 14.2 Å². The number of piperidine rings is 1. The maximum Gasteiger partial charge on any atom is 0.253 e. The van der Waals surface area contributed by atoms with Crippen molar-refractivity contribution in [2.75, 3.05) is 13.1 Å². The van der Waals surface area contributed by atoms with Gasteiger partial charge in [0.05, 0.1) is 0 Å². The van der Waals surface area contributed by atoms with Gasteiger partial charge in [-0.25, -0.2) is 0 Å². The van der Waals surface area contributed by atoms with Crippen LogP contribution < -0.4 is 4.74 Å². The van der Waals surface area contributed by atoms with Crippen molar-refractivity contribution in [3.8, 4) is 5.75 Å². The van der Waals surface area contributed by atoms with Crippen LogP contribution in [-0.4, -0.2) is 44.8 Å². The second-order valence-corrected chi connectivity index (χ2v) is 6.39. The second-order valence-electron chi connectivity index (χ2n) is 6.39. The maximum absolute atomic E-state index is 12.7. The van der Waals surface area contributed by atoms with Gasteiger partial charge in [0.1, 0.15) is 24.5 Å². The van der Waals surface area contributed by atoms with Crippen LogP contribution in [0.5, 0.6) is 5.75 Å². The zero-order chi connectivity index (χ0) is 15.8. The van der Waals surface area contributed by atoms with Gasteiger partial charge in [0.25, 0.3) is 5.91 Å². The lowest BCUT2D eigenvalue weighted by Gasteiger charge is -2.32. The fraction of sp³-hybridized carbons (Fsp3) is 0.471. The first-order valence-corrected chi connectivity index (χ1v) is 8.13. The maximum atomic E-state index is 12.7. The Labute approximate surface area is 135 Å². The SMILES string of the molecule is C[C@@H]1Cc2cc(C(=O)N3CCC(n4cnnc4)CC3)ccc2O1. The molecule has 23 heavy (non-hydrogen) atoms. The quantitative estimate of drug-likeness (QED) is 0.852. The van der Waals surface area contributed by atoms with Crippen molar-refractivity contribution in [2.45, 2.75) is 38.3 Å². The first kappa shape index (κ1) is 14.2. The summed E-state index contributed by atoms with van der Waals surface area (Å²) >= 11 is 0. The zero-order valence-corrected chi connectivity index (χ0v) is 13.2. The minimum Gasteiger partial charge on any atom is -0.490 e. The summed E-state index contributed by atoms with van der Waals surface area (Å²) in [5, 5.41) is 7.72. The molecule has 0 radical (unpaired) electrons. The van der Waals surface area contributed by atoms with E-state index in [1.807, 2.05) is 27.7 Å². The lowest BCUT2D eigenvalue weighted by Crippen LogP contribution is -2.38. The van der Waals surface area contributed by atoms with E-state index in [1.165, 1.54) is 0 Å². The van der Waals surface area contributed by atoms with Crippen LogP contribution in [0.1, 0.15) is 41.7 Å². The van der Waals surface area contributed by atoms with Crippen LogP contribution in [-0.2, 0) is 6.42 Å². The largest absolute Gasteiger partial charge is 0.490 e. The molecule has 0 unspecified atom stereocenters. The van der Waals surface area contributed by atoms with Crippen LogP contribution in [0.15, 0.2) is 30.9 Å². The monoisotopic (exact) mass is 312 g/mol. The topological polar surface area (TPSA) is 60.2 Å². The van der Waals surface area contributed by atoms with E-state index in [0.717, 1.165) is 49.2 Å². The minimum atomic E-state index is 0.120. The average molecular weight is 312 g/mol. The standard InChI is InChI=1S/C17H20N4O2/c1-12-8-14-9-13(2-3-16(14)23-12)17(22)20-6-4-15(5-7-20)21-10-18-19-11-21/h2-3,9-12,15H,4-8H2,1H3/t12-/m1/s1. The zero-order valence-electron chi connectivity index (χ0n) is 13.2. The summed E-state index contributed by atoms with van der Waals surface area (Å²) in [5.41, 5.74) is 1.91. The molecular weight excluding hydrogens is 292 g/mol. The Kier molecular flexibility index (Phi) is 3.52. The molecule has 0 spiro atoms. The number of hydrogen-bond acceptors (Lipinski definition) is 4. The molecule has 2 aliphatic heterocycles. The molecule has 1 aromatic heterocycles. The number of hydrogen-bond donors (Lipinski definition) is 0. The van der Waals surface area contributed by atoms with Gasteiger partial charge in [-0.15, -0.1) is 10.2 Å². The van der Waals surface area contributed by atoms with Crippen molar-refractivity contribution in [2.24, 2.45) is 0 Å². The highest BCUT2D eigenvalue weighted by molar-refractivity contribution is 5.94. The Balaban J connectivity index is 1.43. The predicted octanol–water partition coefficient (Wildman–Crippen LogP) is 2.08. The molecule has 0 bridgehead atoms. The lowest BCUT2D eigenvalue weighted by atomic mass is 10.0. The van der Waals surface area contributed by atoms with E-state index in [0.29, 0.717) is 6.04 Å². The van der Waals surface area contributed by atoms with Crippen LogP contribution in [0.2, 0.25) is 0 Å². The summed E-state index contributed by atoms with van der Waals surface area (Å²) in [7, 11) is 0. The van der Waals surface area contributed by atoms with Gasteiger partial charge in [-0.05, 0) is 43.5 Å². The van der Waals surface area contributed by atoms with E-state index in [4.69, 9.17) is 4.74 Å². The molecule has 0 aliphatic carbocycles. The second kappa shape index (κ2) is 5.68. The van der Waals surface area contributed by atoms with Gasteiger partial charge in [-0.2, -0.15) is 0 Å². The third-order valence-corrected chi connectivity index (χ3v) is 4.75. The van der Waals surface area contributed by atoms with Crippen LogP contribution >= 0.6 is 0 Å². The van der Waals surface area contributed by atoms with E-state index >= 15 is 0 Å².